The molecule has 6 heteroatoms. The number of fused-ring (bicyclic) bond motifs is 3. The van der Waals surface area contributed by atoms with Gasteiger partial charge >= 0.3 is 0 Å². The van der Waals surface area contributed by atoms with Crippen molar-refractivity contribution in [2.24, 2.45) is 0 Å². The van der Waals surface area contributed by atoms with Gasteiger partial charge in [0.2, 0.25) is 5.16 Å². The van der Waals surface area contributed by atoms with Crippen molar-refractivity contribution in [3.63, 3.8) is 0 Å². The van der Waals surface area contributed by atoms with Crippen LogP contribution in [0, 0.1) is 0 Å². The fraction of sp³-hybridized carbons (Fsp3) is 0.200. The minimum atomic E-state index is 0.662. The van der Waals surface area contributed by atoms with E-state index in [-0.39, 0.29) is 0 Å². The summed E-state index contributed by atoms with van der Waals surface area (Å²) in [4.78, 5) is 0. The molecule has 0 amide bonds. The second-order valence-corrected chi connectivity index (χ2v) is 4.18. The van der Waals surface area contributed by atoms with E-state index in [1.807, 2.05) is 35.2 Å². The standard InChI is InChI=1S/C10H11N5S/c1-16-10-14-13-9-7-4-2-3-5-8(7)11-6-12-15(9)10/h2-5,11-12H,6H2,1H3. The summed E-state index contributed by atoms with van der Waals surface area (Å²) in [6.07, 6.45) is 1.99. The van der Waals surface area contributed by atoms with Gasteiger partial charge in [0.05, 0.1) is 6.67 Å². The fourth-order valence-corrected chi connectivity index (χ4v) is 2.22. The van der Waals surface area contributed by atoms with E-state index in [2.05, 4.69) is 20.9 Å². The Morgan fingerprint density at radius 2 is 2.19 bits per heavy atom. The maximum Gasteiger partial charge on any atom is 0.210 e. The predicted octanol–water partition coefficient (Wildman–Crippen LogP) is 1.59. The van der Waals surface area contributed by atoms with E-state index in [9.17, 15) is 0 Å². The van der Waals surface area contributed by atoms with Crippen LogP contribution in [0.2, 0.25) is 0 Å². The molecule has 16 heavy (non-hydrogen) atoms. The van der Waals surface area contributed by atoms with Crippen LogP contribution in [0.1, 0.15) is 0 Å². The number of nitrogens with one attached hydrogen (secondary N) is 2. The fourth-order valence-electron chi connectivity index (χ4n) is 1.77. The molecule has 5 nitrogen and oxygen atoms in total. The number of aromatic nitrogens is 3. The first kappa shape index (κ1) is 9.53. The quantitative estimate of drug-likeness (QED) is 0.733. The normalized spacial score (nSPS) is 13.1. The number of para-hydroxylation sites is 1. The number of hydrogen-bond acceptors (Lipinski definition) is 5. The first-order valence-corrected chi connectivity index (χ1v) is 6.19. The number of anilines is 1. The van der Waals surface area contributed by atoms with Crippen molar-refractivity contribution in [2.45, 2.75) is 5.16 Å². The highest BCUT2D eigenvalue weighted by atomic mass is 32.2. The van der Waals surface area contributed by atoms with Gasteiger partial charge in [-0.1, -0.05) is 23.9 Å². The molecule has 2 heterocycles. The van der Waals surface area contributed by atoms with Gasteiger partial charge < -0.3 is 10.7 Å². The van der Waals surface area contributed by atoms with E-state index < -0.39 is 0 Å². The highest BCUT2D eigenvalue weighted by molar-refractivity contribution is 7.98. The van der Waals surface area contributed by atoms with Crippen molar-refractivity contribution >= 4 is 17.4 Å². The van der Waals surface area contributed by atoms with E-state index in [0.29, 0.717) is 6.67 Å². The summed E-state index contributed by atoms with van der Waals surface area (Å²) < 4.78 is 1.92. The Hall–Kier alpha value is -1.69. The third-order valence-electron chi connectivity index (χ3n) is 2.50. The molecule has 3 rings (SSSR count). The van der Waals surface area contributed by atoms with Gasteiger partial charge in [-0.05, 0) is 18.4 Å². The van der Waals surface area contributed by atoms with E-state index in [0.717, 1.165) is 22.2 Å². The maximum atomic E-state index is 4.22. The average molecular weight is 233 g/mol. The molecular weight excluding hydrogens is 222 g/mol. The summed E-state index contributed by atoms with van der Waals surface area (Å²) in [5.74, 6) is 0.852. The highest BCUT2D eigenvalue weighted by Crippen LogP contribution is 2.29. The first-order valence-electron chi connectivity index (χ1n) is 4.96. The topological polar surface area (TPSA) is 54.8 Å². The first-order chi connectivity index (χ1) is 7.90. The van der Waals surface area contributed by atoms with Crippen LogP contribution in [0.3, 0.4) is 0 Å². The molecule has 0 bridgehead atoms. The zero-order valence-electron chi connectivity index (χ0n) is 8.77. The Morgan fingerprint density at radius 1 is 1.31 bits per heavy atom. The molecule has 1 aliphatic rings. The molecule has 82 valence electrons. The van der Waals surface area contributed by atoms with Crippen LogP contribution in [0.4, 0.5) is 5.69 Å². The van der Waals surface area contributed by atoms with Crippen LogP contribution in [-0.2, 0) is 0 Å². The molecule has 2 N–H and O–H groups in total. The number of rotatable bonds is 1. The Bertz CT molecular complexity index is 522. The lowest BCUT2D eigenvalue weighted by Crippen LogP contribution is -2.20. The molecule has 0 radical (unpaired) electrons. The third-order valence-corrected chi connectivity index (χ3v) is 3.13. The summed E-state index contributed by atoms with van der Waals surface area (Å²) in [7, 11) is 0. The van der Waals surface area contributed by atoms with Crippen LogP contribution in [0.15, 0.2) is 29.4 Å². The Kier molecular flexibility index (Phi) is 2.21. The van der Waals surface area contributed by atoms with Crippen molar-refractivity contribution in [1.82, 2.24) is 14.9 Å². The molecule has 0 fully saturated rings. The molecule has 1 aromatic heterocycles. The molecule has 0 unspecified atom stereocenters. The number of nitrogens with zero attached hydrogens (tertiary/aromatic N) is 3. The maximum absolute atomic E-state index is 4.22. The monoisotopic (exact) mass is 233 g/mol. The zero-order chi connectivity index (χ0) is 11.0. The molecule has 2 aromatic rings. The van der Waals surface area contributed by atoms with E-state index in [1.165, 1.54) is 0 Å². The van der Waals surface area contributed by atoms with Crippen LogP contribution in [0.25, 0.3) is 11.4 Å². The SMILES string of the molecule is CSc1nnc2n1NCNc1ccccc1-2. The van der Waals surface area contributed by atoms with Crippen molar-refractivity contribution in [1.29, 1.82) is 0 Å². The molecular formula is C10H11N5S. The zero-order valence-corrected chi connectivity index (χ0v) is 9.58. The van der Waals surface area contributed by atoms with Gasteiger partial charge in [0, 0.05) is 11.3 Å². The lowest BCUT2D eigenvalue weighted by atomic mass is 10.1. The van der Waals surface area contributed by atoms with Gasteiger partial charge in [0.15, 0.2) is 5.82 Å². The van der Waals surface area contributed by atoms with Crippen LogP contribution >= 0.6 is 11.8 Å². The van der Waals surface area contributed by atoms with Gasteiger partial charge in [-0.25, -0.2) is 4.68 Å². The summed E-state index contributed by atoms with van der Waals surface area (Å²) in [5.41, 5.74) is 5.38. The molecule has 0 saturated heterocycles. The predicted molar refractivity (Wildman–Crippen MR) is 65.1 cm³/mol. The lowest BCUT2D eigenvalue weighted by molar-refractivity contribution is 0.782. The molecule has 1 aromatic carbocycles. The third kappa shape index (κ3) is 1.34. The van der Waals surface area contributed by atoms with E-state index >= 15 is 0 Å². The lowest BCUT2D eigenvalue weighted by Gasteiger charge is -2.07. The van der Waals surface area contributed by atoms with Gasteiger partial charge in [0.1, 0.15) is 0 Å². The Morgan fingerprint density at radius 3 is 3.06 bits per heavy atom. The summed E-state index contributed by atoms with van der Waals surface area (Å²) >= 11 is 1.57. The molecule has 0 aliphatic carbocycles. The Labute approximate surface area is 97.2 Å². The number of hydrogen-bond donors (Lipinski definition) is 2. The van der Waals surface area contributed by atoms with Crippen molar-refractivity contribution in [2.75, 3.05) is 23.7 Å². The van der Waals surface area contributed by atoms with Crippen LogP contribution in [-0.4, -0.2) is 27.8 Å². The van der Waals surface area contributed by atoms with Gasteiger partial charge in [0.25, 0.3) is 0 Å². The molecule has 0 spiro atoms. The second kappa shape index (κ2) is 3.71. The largest absolute Gasteiger partial charge is 0.366 e. The summed E-state index contributed by atoms with van der Waals surface area (Å²) in [6.45, 7) is 0.662. The summed E-state index contributed by atoms with van der Waals surface area (Å²) in [5, 5.41) is 12.5. The molecule has 0 saturated carbocycles. The van der Waals surface area contributed by atoms with Crippen molar-refractivity contribution < 1.29 is 0 Å². The number of benzene rings is 1. The van der Waals surface area contributed by atoms with Crippen LogP contribution in [0.5, 0.6) is 0 Å². The van der Waals surface area contributed by atoms with Gasteiger partial charge in [-0.15, -0.1) is 10.2 Å². The second-order valence-electron chi connectivity index (χ2n) is 3.40. The Balaban J connectivity index is 2.22. The molecule has 1 aliphatic heterocycles. The van der Waals surface area contributed by atoms with E-state index in [4.69, 9.17) is 0 Å². The highest BCUT2D eigenvalue weighted by Gasteiger charge is 2.18. The van der Waals surface area contributed by atoms with E-state index in [1.54, 1.807) is 11.8 Å². The molecule has 0 atom stereocenters. The smallest absolute Gasteiger partial charge is 0.210 e. The number of thioether (sulfide) groups is 1. The average Bonchev–Trinajstić information content (AvgIpc) is 2.64. The van der Waals surface area contributed by atoms with Gasteiger partial charge in [-0.2, -0.15) is 0 Å². The van der Waals surface area contributed by atoms with Crippen molar-refractivity contribution in [3.8, 4) is 11.4 Å². The minimum absolute atomic E-state index is 0.662. The summed E-state index contributed by atoms with van der Waals surface area (Å²) in [6, 6.07) is 8.09. The van der Waals surface area contributed by atoms with Crippen molar-refractivity contribution in [3.05, 3.63) is 24.3 Å². The van der Waals surface area contributed by atoms with Crippen LogP contribution < -0.4 is 10.7 Å². The minimum Gasteiger partial charge on any atom is -0.366 e. The van der Waals surface area contributed by atoms with Gasteiger partial charge in [-0.3, -0.25) is 0 Å².